The molecule has 0 saturated heterocycles. The Balaban J connectivity index is 2.15. The van der Waals surface area contributed by atoms with Crippen molar-refractivity contribution in [2.75, 3.05) is 7.11 Å². The molecule has 1 atom stereocenters. The lowest BCUT2D eigenvalue weighted by Crippen LogP contribution is -2.25. The number of benzene rings is 2. The summed E-state index contributed by atoms with van der Waals surface area (Å²) in [4.78, 5) is 24.6. The van der Waals surface area contributed by atoms with Crippen LogP contribution >= 0.6 is 0 Å². The molecule has 0 N–H and O–H groups in total. The number of ketones is 1. The first-order valence-electron chi connectivity index (χ1n) is 7.49. The van der Waals surface area contributed by atoms with E-state index in [1.807, 2.05) is 26.0 Å². The van der Waals surface area contributed by atoms with Crippen LogP contribution in [-0.2, 0) is 4.74 Å². The van der Waals surface area contributed by atoms with E-state index < -0.39 is 17.9 Å². The normalized spacial score (nSPS) is 11.7. The maximum Gasteiger partial charge on any atom is 0.338 e. The molecule has 4 nitrogen and oxygen atoms in total. The highest BCUT2D eigenvalue weighted by atomic mass is 19.1. The minimum Gasteiger partial charge on any atom is -0.494 e. The van der Waals surface area contributed by atoms with Crippen LogP contribution < -0.4 is 4.74 Å². The number of esters is 1. The van der Waals surface area contributed by atoms with Crippen molar-refractivity contribution in [3.63, 3.8) is 0 Å². The van der Waals surface area contributed by atoms with Gasteiger partial charge in [0.1, 0.15) is 0 Å². The van der Waals surface area contributed by atoms with E-state index in [1.165, 1.54) is 26.2 Å². The summed E-state index contributed by atoms with van der Waals surface area (Å²) in [5, 5.41) is 0. The summed E-state index contributed by atoms with van der Waals surface area (Å²) in [6, 6.07) is 9.26. The molecule has 0 aromatic heterocycles. The molecule has 0 spiro atoms. The maximum atomic E-state index is 13.7. The molecule has 0 aliphatic carbocycles. The van der Waals surface area contributed by atoms with Crippen molar-refractivity contribution < 1.29 is 23.5 Å². The van der Waals surface area contributed by atoms with Crippen molar-refractivity contribution in [3.05, 3.63) is 64.5 Å². The van der Waals surface area contributed by atoms with Crippen LogP contribution in [0.5, 0.6) is 5.75 Å². The Hall–Kier alpha value is -2.69. The summed E-state index contributed by atoms with van der Waals surface area (Å²) in [6.45, 7) is 5.20. The van der Waals surface area contributed by atoms with Crippen molar-refractivity contribution in [2.24, 2.45) is 0 Å². The van der Waals surface area contributed by atoms with Crippen molar-refractivity contribution >= 4 is 11.8 Å². The van der Waals surface area contributed by atoms with Gasteiger partial charge in [-0.3, -0.25) is 4.79 Å². The summed E-state index contributed by atoms with van der Waals surface area (Å²) in [6.07, 6.45) is -0.969. The molecule has 0 unspecified atom stereocenters. The van der Waals surface area contributed by atoms with Gasteiger partial charge in [-0.25, -0.2) is 9.18 Å². The number of rotatable bonds is 5. The van der Waals surface area contributed by atoms with Crippen LogP contribution in [0.2, 0.25) is 0 Å². The molecule has 126 valence electrons. The van der Waals surface area contributed by atoms with E-state index in [0.717, 1.165) is 17.2 Å². The number of hydrogen-bond donors (Lipinski definition) is 0. The molecule has 0 radical (unpaired) electrons. The van der Waals surface area contributed by atoms with Gasteiger partial charge < -0.3 is 9.47 Å². The first-order valence-corrected chi connectivity index (χ1v) is 7.49. The Morgan fingerprint density at radius 2 is 1.79 bits per heavy atom. The second-order valence-corrected chi connectivity index (χ2v) is 5.58. The fraction of sp³-hybridized carbons (Fsp3) is 0.263. The number of Topliss-reactive ketones (excluding diaryl/α,β-unsaturated/α-hetero) is 1. The van der Waals surface area contributed by atoms with Crippen LogP contribution in [0.15, 0.2) is 36.4 Å². The third-order valence-corrected chi connectivity index (χ3v) is 3.70. The Bertz CT molecular complexity index is 783. The standard InChI is InChI=1S/C19H19FO4/c1-11-5-6-12(2)15(9-11)18(21)13(3)24-19(22)14-7-8-17(23-4)16(20)10-14/h5-10,13H,1-4H3/t13-/m0/s1. The van der Waals surface area contributed by atoms with Gasteiger partial charge in [-0.15, -0.1) is 0 Å². The van der Waals surface area contributed by atoms with Gasteiger partial charge in [-0.1, -0.05) is 17.7 Å². The highest BCUT2D eigenvalue weighted by Crippen LogP contribution is 2.19. The second kappa shape index (κ2) is 7.25. The van der Waals surface area contributed by atoms with Crippen LogP contribution in [0.4, 0.5) is 4.39 Å². The number of carbonyl (C=O) groups excluding carboxylic acids is 2. The van der Waals surface area contributed by atoms with E-state index in [4.69, 9.17) is 9.47 Å². The molecule has 0 aliphatic heterocycles. The maximum absolute atomic E-state index is 13.7. The van der Waals surface area contributed by atoms with Gasteiger partial charge in [-0.2, -0.15) is 0 Å². The van der Waals surface area contributed by atoms with E-state index in [0.29, 0.717) is 5.56 Å². The highest BCUT2D eigenvalue weighted by Gasteiger charge is 2.22. The Morgan fingerprint density at radius 3 is 2.42 bits per heavy atom. The zero-order valence-corrected chi connectivity index (χ0v) is 14.1. The van der Waals surface area contributed by atoms with Gasteiger partial charge in [0.25, 0.3) is 0 Å². The quantitative estimate of drug-likeness (QED) is 0.617. The zero-order chi connectivity index (χ0) is 17.9. The van der Waals surface area contributed by atoms with E-state index in [9.17, 15) is 14.0 Å². The molecule has 0 fully saturated rings. The summed E-state index contributed by atoms with van der Waals surface area (Å²) < 4.78 is 23.6. The third kappa shape index (κ3) is 3.79. The van der Waals surface area contributed by atoms with Crippen molar-refractivity contribution in [1.29, 1.82) is 0 Å². The molecule has 0 saturated carbocycles. The Kier molecular flexibility index (Phi) is 5.34. The van der Waals surface area contributed by atoms with Gasteiger partial charge in [0, 0.05) is 5.56 Å². The first-order chi connectivity index (χ1) is 11.3. The number of methoxy groups -OCH3 is 1. The third-order valence-electron chi connectivity index (χ3n) is 3.70. The van der Waals surface area contributed by atoms with E-state index in [1.54, 1.807) is 6.07 Å². The van der Waals surface area contributed by atoms with Crippen LogP contribution in [0.1, 0.15) is 38.8 Å². The highest BCUT2D eigenvalue weighted by molar-refractivity contribution is 6.02. The lowest BCUT2D eigenvalue weighted by atomic mass is 9.99. The lowest BCUT2D eigenvalue weighted by molar-refractivity contribution is 0.0318. The minimum atomic E-state index is -0.969. The van der Waals surface area contributed by atoms with Gasteiger partial charge in [-0.05, 0) is 50.6 Å². The fourth-order valence-electron chi connectivity index (χ4n) is 2.30. The van der Waals surface area contributed by atoms with Crippen LogP contribution in [0.25, 0.3) is 0 Å². The molecule has 0 bridgehead atoms. The molecule has 5 heteroatoms. The summed E-state index contributed by atoms with van der Waals surface area (Å²) in [5.41, 5.74) is 2.29. The topological polar surface area (TPSA) is 52.6 Å². The molecular weight excluding hydrogens is 311 g/mol. The van der Waals surface area contributed by atoms with Crippen LogP contribution in [0.3, 0.4) is 0 Å². The largest absolute Gasteiger partial charge is 0.494 e. The number of hydrogen-bond acceptors (Lipinski definition) is 4. The van der Waals surface area contributed by atoms with Crippen molar-refractivity contribution in [1.82, 2.24) is 0 Å². The van der Waals surface area contributed by atoms with Crippen LogP contribution in [-0.4, -0.2) is 25.0 Å². The first kappa shape index (κ1) is 17.7. The van der Waals surface area contributed by atoms with Crippen molar-refractivity contribution in [3.8, 4) is 5.75 Å². The van der Waals surface area contributed by atoms with Gasteiger partial charge in [0.15, 0.2) is 17.7 Å². The number of halogens is 1. The summed E-state index contributed by atoms with van der Waals surface area (Å²) >= 11 is 0. The molecule has 0 heterocycles. The SMILES string of the molecule is COc1ccc(C(=O)O[C@@H](C)C(=O)c2cc(C)ccc2C)cc1F. The fourth-order valence-corrected chi connectivity index (χ4v) is 2.30. The van der Waals surface area contributed by atoms with E-state index in [2.05, 4.69) is 0 Å². The Morgan fingerprint density at radius 1 is 1.08 bits per heavy atom. The minimum absolute atomic E-state index is 0.0221. The average Bonchev–Trinajstić information content (AvgIpc) is 2.56. The van der Waals surface area contributed by atoms with Gasteiger partial charge in [0.05, 0.1) is 12.7 Å². The molecule has 0 amide bonds. The zero-order valence-electron chi connectivity index (χ0n) is 14.1. The van der Waals surface area contributed by atoms with E-state index in [-0.39, 0.29) is 17.1 Å². The molecule has 2 aromatic carbocycles. The summed E-state index contributed by atoms with van der Waals surface area (Å²) in [5.74, 6) is -1.69. The number of ether oxygens (including phenoxy) is 2. The van der Waals surface area contributed by atoms with Gasteiger partial charge in [0.2, 0.25) is 5.78 Å². The smallest absolute Gasteiger partial charge is 0.338 e. The van der Waals surface area contributed by atoms with Crippen LogP contribution in [0, 0.1) is 19.7 Å². The molecular formula is C19H19FO4. The number of carbonyl (C=O) groups is 2. The monoisotopic (exact) mass is 330 g/mol. The summed E-state index contributed by atoms with van der Waals surface area (Å²) in [7, 11) is 1.33. The number of aryl methyl sites for hydroxylation is 2. The predicted molar refractivity (Wildman–Crippen MR) is 88.1 cm³/mol. The lowest BCUT2D eigenvalue weighted by Gasteiger charge is -2.14. The second-order valence-electron chi connectivity index (χ2n) is 5.58. The molecule has 2 rings (SSSR count). The molecule has 24 heavy (non-hydrogen) atoms. The molecule has 0 aliphatic rings. The average molecular weight is 330 g/mol. The molecule has 2 aromatic rings. The predicted octanol–water partition coefficient (Wildman–Crippen LogP) is 3.88. The van der Waals surface area contributed by atoms with Crippen molar-refractivity contribution in [2.45, 2.75) is 26.9 Å². The van der Waals surface area contributed by atoms with E-state index >= 15 is 0 Å². The van der Waals surface area contributed by atoms with Gasteiger partial charge >= 0.3 is 5.97 Å². The Labute approximate surface area is 140 Å².